The molecule has 0 aromatic carbocycles. The Morgan fingerprint density at radius 3 is 1.85 bits per heavy atom. The first-order chi connectivity index (χ1) is 6.35. The molecule has 4 heteroatoms. The van der Waals surface area contributed by atoms with Gasteiger partial charge in [0.25, 0.3) is 0 Å². The van der Waals surface area contributed by atoms with Gasteiger partial charge >= 0.3 is 0 Å². The Kier molecular flexibility index (Phi) is 1.83. The minimum absolute atomic E-state index is 0.340. The molecule has 0 aromatic heterocycles. The van der Waals surface area contributed by atoms with Gasteiger partial charge in [0.15, 0.2) is 0 Å². The highest BCUT2D eigenvalue weighted by Gasteiger charge is 2.32. The third kappa shape index (κ3) is 1.21. The van der Waals surface area contributed by atoms with Crippen molar-refractivity contribution in [2.24, 2.45) is 0 Å². The third-order valence-electron chi connectivity index (χ3n) is 2.65. The lowest BCUT2D eigenvalue weighted by Gasteiger charge is -2.28. The van der Waals surface area contributed by atoms with Crippen molar-refractivity contribution in [1.29, 1.82) is 10.5 Å². The van der Waals surface area contributed by atoms with E-state index in [-0.39, 0.29) is 0 Å². The highest BCUT2D eigenvalue weighted by Crippen LogP contribution is 2.24. The van der Waals surface area contributed by atoms with Gasteiger partial charge in [-0.25, -0.2) is 0 Å². The molecule has 4 nitrogen and oxygen atoms in total. The Bertz CT molecular complexity index is 299. The molecule has 1 aliphatic heterocycles. The minimum Gasteiger partial charge on any atom is -0.369 e. The van der Waals surface area contributed by atoms with Crippen LogP contribution in [0.5, 0.6) is 0 Å². The van der Waals surface area contributed by atoms with Crippen LogP contribution in [0.4, 0.5) is 0 Å². The van der Waals surface area contributed by atoms with Crippen LogP contribution in [0.1, 0.15) is 19.3 Å². The molecule has 2 N–H and O–H groups in total. The van der Waals surface area contributed by atoms with Crippen molar-refractivity contribution in [3.8, 4) is 12.1 Å². The molecular weight excluding hydrogens is 164 g/mol. The van der Waals surface area contributed by atoms with Gasteiger partial charge in [-0.2, -0.15) is 10.5 Å². The number of fused-ring (bicyclic) bond motifs is 1. The van der Waals surface area contributed by atoms with Crippen LogP contribution in [0.25, 0.3) is 0 Å². The van der Waals surface area contributed by atoms with Crippen molar-refractivity contribution < 1.29 is 0 Å². The van der Waals surface area contributed by atoms with E-state index in [9.17, 15) is 0 Å². The predicted molar refractivity (Wildman–Crippen MR) is 46.0 cm³/mol. The number of rotatable bonds is 0. The zero-order valence-electron chi connectivity index (χ0n) is 7.17. The van der Waals surface area contributed by atoms with Crippen LogP contribution < -0.4 is 10.6 Å². The lowest BCUT2D eigenvalue weighted by Crippen LogP contribution is -2.48. The van der Waals surface area contributed by atoms with Crippen molar-refractivity contribution in [1.82, 2.24) is 10.6 Å². The molecule has 13 heavy (non-hydrogen) atoms. The van der Waals surface area contributed by atoms with Gasteiger partial charge in [0, 0.05) is 12.1 Å². The maximum absolute atomic E-state index is 8.75. The number of hydrogen-bond donors (Lipinski definition) is 2. The Balaban J connectivity index is 2.26. The van der Waals surface area contributed by atoms with Crippen LogP contribution in [0.15, 0.2) is 11.4 Å². The fourth-order valence-electron chi connectivity index (χ4n) is 2.00. The van der Waals surface area contributed by atoms with Gasteiger partial charge < -0.3 is 10.6 Å². The smallest absolute Gasteiger partial charge is 0.148 e. The monoisotopic (exact) mass is 174 g/mol. The SMILES string of the molecule is N#CC1=C(C#N)NC2CCCC2N1. The normalized spacial score (nSPS) is 30.9. The van der Waals surface area contributed by atoms with E-state index in [4.69, 9.17) is 10.5 Å². The molecule has 0 aromatic rings. The van der Waals surface area contributed by atoms with Gasteiger partial charge in [0.05, 0.1) is 0 Å². The van der Waals surface area contributed by atoms with Crippen LogP contribution in [0, 0.1) is 22.7 Å². The Labute approximate surface area is 76.8 Å². The van der Waals surface area contributed by atoms with E-state index in [1.165, 1.54) is 0 Å². The van der Waals surface area contributed by atoms with E-state index < -0.39 is 0 Å². The Morgan fingerprint density at radius 1 is 1.00 bits per heavy atom. The first kappa shape index (κ1) is 7.94. The second-order valence-electron chi connectivity index (χ2n) is 3.41. The quantitative estimate of drug-likeness (QED) is 0.556. The van der Waals surface area contributed by atoms with Gasteiger partial charge in [0.2, 0.25) is 0 Å². The van der Waals surface area contributed by atoms with Crippen molar-refractivity contribution >= 4 is 0 Å². The second kappa shape index (κ2) is 2.99. The molecule has 0 bridgehead atoms. The molecule has 1 aliphatic carbocycles. The summed E-state index contributed by atoms with van der Waals surface area (Å²) >= 11 is 0. The lowest BCUT2D eigenvalue weighted by atomic mass is 10.1. The molecule has 0 spiro atoms. The van der Waals surface area contributed by atoms with E-state index in [2.05, 4.69) is 10.6 Å². The maximum Gasteiger partial charge on any atom is 0.148 e. The van der Waals surface area contributed by atoms with Gasteiger partial charge in [0.1, 0.15) is 23.5 Å². The van der Waals surface area contributed by atoms with Crippen LogP contribution in [0.2, 0.25) is 0 Å². The summed E-state index contributed by atoms with van der Waals surface area (Å²) in [6.07, 6.45) is 3.33. The summed E-state index contributed by atoms with van der Waals surface area (Å²) in [7, 11) is 0. The summed E-state index contributed by atoms with van der Waals surface area (Å²) in [6, 6.07) is 4.68. The molecule has 2 aliphatic rings. The van der Waals surface area contributed by atoms with Crippen LogP contribution in [0.3, 0.4) is 0 Å². The lowest BCUT2D eigenvalue weighted by molar-refractivity contribution is 0.443. The van der Waals surface area contributed by atoms with Gasteiger partial charge in [-0.1, -0.05) is 0 Å². The molecule has 2 unspecified atom stereocenters. The third-order valence-corrected chi connectivity index (χ3v) is 2.65. The van der Waals surface area contributed by atoms with Crippen molar-refractivity contribution in [2.75, 3.05) is 0 Å². The Morgan fingerprint density at radius 2 is 1.46 bits per heavy atom. The van der Waals surface area contributed by atoms with Crippen LogP contribution in [-0.2, 0) is 0 Å². The largest absolute Gasteiger partial charge is 0.369 e. The highest BCUT2D eigenvalue weighted by atomic mass is 15.1. The first-order valence-corrected chi connectivity index (χ1v) is 4.42. The fourth-order valence-corrected chi connectivity index (χ4v) is 2.00. The molecule has 2 rings (SSSR count). The number of nitrogens with zero attached hydrogens (tertiary/aromatic N) is 2. The molecule has 1 fully saturated rings. The molecule has 0 radical (unpaired) electrons. The number of nitrogens with one attached hydrogen (secondary N) is 2. The number of allylic oxidation sites excluding steroid dienone is 2. The number of hydrogen-bond acceptors (Lipinski definition) is 4. The summed E-state index contributed by atoms with van der Waals surface area (Å²) in [6.45, 7) is 0. The van der Waals surface area contributed by atoms with Crippen molar-refractivity contribution in [3.63, 3.8) is 0 Å². The molecule has 2 atom stereocenters. The zero-order valence-corrected chi connectivity index (χ0v) is 7.17. The minimum atomic E-state index is 0.340. The first-order valence-electron chi connectivity index (χ1n) is 4.42. The average molecular weight is 174 g/mol. The van der Waals surface area contributed by atoms with Gasteiger partial charge in [-0.15, -0.1) is 0 Å². The molecule has 66 valence electrons. The molecule has 1 saturated carbocycles. The molecule has 0 saturated heterocycles. The van der Waals surface area contributed by atoms with E-state index in [1.54, 1.807) is 0 Å². The van der Waals surface area contributed by atoms with E-state index in [0.717, 1.165) is 19.3 Å². The highest BCUT2D eigenvalue weighted by molar-refractivity contribution is 5.37. The van der Waals surface area contributed by atoms with Gasteiger partial charge in [-0.3, -0.25) is 0 Å². The van der Waals surface area contributed by atoms with E-state index in [0.29, 0.717) is 23.5 Å². The second-order valence-corrected chi connectivity index (χ2v) is 3.41. The predicted octanol–water partition coefficient (Wildman–Crippen LogP) is 0.359. The van der Waals surface area contributed by atoms with Gasteiger partial charge in [-0.05, 0) is 19.3 Å². The average Bonchev–Trinajstić information content (AvgIpc) is 2.62. The molecule has 0 amide bonds. The Hall–Kier alpha value is -1.68. The summed E-state index contributed by atoms with van der Waals surface area (Å²) in [4.78, 5) is 0. The van der Waals surface area contributed by atoms with Crippen LogP contribution >= 0.6 is 0 Å². The summed E-state index contributed by atoms with van der Waals surface area (Å²) < 4.78 is 0. The van der Waals surface area contributed by atoms with E-state index >= 15 is 0 Å². The number of nitriles is 2. The maximum atomic E-state index is 8.75. The summed E-state index contributed by atoms with van der Waals surface area (Å²) in [5.74, 6) is 0. The van der Waals surface area contributed by atoms with Crippen molar-refractivity contribution in [3.05, 3.63) is 11.4 Å². The molecule has 1 heterocycles. The van der Waals surface area contributed by atoms with Crippen LogP contribution in [-0.4, -0.2) is 12.1 Å². The standard InChI is InChI=1S/C9H10N4/c10-4-8-9(5-11)13-7-3-1-2-6(7)12-8/h6-7,12-13H,1-3H2. The summed E-state index contributed by atoms with van der Waals surface area (Å²) in [5, 5.41) is 23.7. The van der Waals surface area contributed by atoms with Crippen molar-refractivity contribution in [2.45, 2.75) is 31.3 Å². The fraction of sp³-hybridized carbons (Fsp3) is 0.556. The zero-order chi connectivity index (χ0) is 9.26. The topological polar surface area (TPSA) is 71.6 Å². The van der Waals surface area contributed by atoms with E-state index in [1.807, 2.05) is 12.1 Å². The molecular formula is C9H10N4. The summed E-state index contributed by atoms with van der Waals surface area (Å²) in [5.41, 5.74) is 0.788.